The number of pyridine rings is 1. The molecule has 0 bridgehead atoms. The number of rotatable bonds is 3. The maximum absolute atomic E-state index is 5.96. The lowest BCUT2D eigenvalue weighted by atomic mass is 10.1. The van der Waals surface area contributed by atoms with E-state index >= 15 is 0 Å². The van der Waals surface area contributed by atoms with Gasteiger partial charge in [0, 0.05) is 24.3 Å². The minimum absolute atomic E-state index is 0.0923. The lowest BCUT2D eigenvalue weighted by molar-refractivity contribution is 0.164. The molecule has 3 heterocycles. The molecule has 3 aromatic rings. The van der Waals surface area contributed by atoms with Crippen molar-refractivity contribution in [2.75, 3.05) is 18.0 Å². The summed E-state index contributed by atoms with van der Waals surface area (Å²) in [6.45, 7) is 3.78. The van der Waals surface area contributed by atoms with E-state index in [1.54, 1.807) is 12.4 Å². The van der Waals surface area contributed by atoms with Crippen LogP contribution in [0.1, 0.15) is 18.4 Å². The summed E-state index contributed by atoms with van der Waals surface area (Å²) in [5.74, 6) is 1.01. The van der Waals surface area contributed by atoms with Gasteiger partial charge < -0.3 is 9.64 Å². The second-order valence-electron chi connectivity index (χ2n) is 6.23. The standard InChI is InChI=1S/C19H20N4O/c1-14-11-20-19(21-12-14)24-16-6-4-10-23(13-16)18-9-8-15-5-2-3-7-17(15)22-18/h2-3,5,7-9,11-12,16H,4,6,10,13H2,1H3. The molecule has 5 heteroatoms. The fraction of sp³-hybridized carbons (Fsp3) is 0.316. The van der Waals surface area contributed by atoms with E-state index in [2.05, 4.69) is 39.1 Å². The summed E-state index contributed by atoms with van der Waals surface area (Å²) in [5, 5.41) is 1.17. The molecule has 0 radical (unpaired) electrons. The lowest BCUT2D eigenvalue weighted by Crippen LogP contribution is -2.41. The quantitative estimate of drug-likeness (QED) is 0.740. The molecule has 2 aromatic heterocycles. The van der Waals surface area contributed by atoms with Crippen LogP contribution in [-0.2, 0) is 0 Å². The van der Waals surface area contributed by atoms with Gasteiger partial charge in [0.2, 0.25) is 0 Å². The third-order valence-electron chi connectivity index (χ3n) is 4.32. The van der Waals surface area contributed by atoms with Crippen LogP contribution in [0.4, 0.5) is 5.82 Å². The van der Waals surface area contributed by atoms with Crippen molar-refractivity contribution < 1.29 is 4.74 Å². The van der Waals surface area contributed by atoms with Crippen LogP contribution in [0, 0.1) is 6.92 Å². The van der Waals surface area contributed by atoms with Crippen molar-refractivity contribution in [3.8, 4) is 6.01 Å². The third-order valence-corrected chi connectivity index (χ3v) is 4.32. The Hall–Kier alpha value is -2.69. The Balaban J connectivity index is 1.50. The number of para-hydroxylation sites is 1. The van der Waals surface area contributed by atoms with Crippen LogP contribution in [0.25, 0.3) is 10.9 Å². The molecular weight excluding hydrogens is 300 g/mol. The van der Waals surface area contributed by atoms with Gasteiger partial charge in [0.1, 0.15) is 11.9 Å². The highest BCUT2D eigenvalue weighted by Gasteiger charge is 2.23. The van der Waals surface area contributed by atoms with Gasteiger partial charge in [0.05, 0.1) is 12.1 Å². The van der Waals surface area contributed by atoms with E-state index in [9.17, 15) is 0 Å². The first kappa shape index (κ1) is 14.9. The Morgan fingerprint density at radius 2 is 1.92 bits per heavy atom. The third kappa shape index (κ3) is 3.15. The number of aromatic nitrogens is 3. The van der Waals surface area contributed by atoms with Gasteiger partial charge >= 0.3 is 6.01 Å². The smallest absolute Gasteiger partial charge is 0.316 e. The predicted molar refractivity (Wildman–Crippen MR) is 94.4 cm³/mol. The van der Waals surface area contributed by atoms with Crippen LogP contribution >= 0.6 is 0 Å². The molecule has 5 nitrogen and oxygen atoms in total. The average molecular weight is 320 g/mol. The second kappa shape index (κ2) is 6.43. The number of piperidine rings is 1. The Morgan fingerprint density at radius 3 is 2.79 bits per heavy atom. The van der Waals surface area contributed by atoms with Gasteiger partial charge in [-0.15, -0.1) is 0 Å². The lowest BCUT2D eigenvalue weighted by Gasteiger charge is -2.33. The number of anilines is 1. The molecule has 1 aliphatic heterocycles. The van der Waals surface area contributed by atoms with Crippen LogP contribution < -0.4 is 9.64 Å². The van der Waals surface area contributed by atoms with Crippen molar-refractivity contribution in [2.45, 2.75) is 25.9 Å². The summed E-state index contributed by atoms with van der Waals surface area (Å²) >= 11 is 0. The Morgan fingerprint density at radius 1 is 1.08 bits per heavy atom. The number of fused-ring (bicyclic) bond motifs is 1. The molecule has 1 unspecified atom stereocenters. The van der Waals surface area contributed by atoms with E-state index in [1.165, 1.54) is 5.39 Å². The Labute approximate surface area is 141 Å². The topological polar surface area (TPSA) is 51.1 Å². The molecule has 0 N–H and O–H groups in total. The highest BCUT2D eigenvalue weighted by Crippen LogP contribution is 2.23. The fourth-order valence-electron chi connectivity index (χ4n) is 3.06. The zero-order chi connectivity index (χ0) is 16.4. The van der Waals surface area contributed by atoms with Gasteiger partial charge in [-0.05, 0) is 43.5 Å². The van der Waals surface area contributed by atoms with Gasteiger partial charge in [-0.2, -0.15) is 0 Å². The normalized spacial score (nSPS) is 17.9. The summed E-state index contributed by atoms with van der Waals surface area (Å²) in [6, 6.07) is 12.9. The van der Waals surface area contributed by atoms with Gasteiger partial charge in [-0.3, -0.25) is 0 Å². The van der Waals surface area contributed by atoms with Crippen molar-refractivity contribution in [3.05, 3.63) is 54.4 Å². The van der Waals surface area contributed by atoms with Crippen LogP contribution in [0.5, 0.6) is 6.01 Å². The number of benzene rings is 1. The maximum Gasteiger partial charge on any atom is 0.316 e. The van der Waals surface area contributed by atoms with Crippen LogP contribution in [0.15, 0.2) is 48.8 Å². The van der Waals surface area contributed by atoms with Crippen molar-refractivity contribution in [1.82, 2.24) is 15.0 Å². The number of nitrogens with zero attached hydrogens (tertiary/aromatic N) is 4. The van der Waals surface area contributed by atoms with E-state index in [0.717, 1.165) is 42.8 Å². The summed E-state index contributed by atoms with van der Waals surface area (Å²) in [7, 11) is 0. The van der Waals surface area contributed by atoms with E-state index in [0.29, 0.717) is 6.01 Å². The highest BCUT2D eigenvalue weighted by molar-refractivity contribution is 5.80. The fourth-order valence-corrected chi connectivity index (χ4v) is 3.06. The summed E-state index contributed by atoms with van der Waals surface area (Å²) in [5.41, 5.74) is 2.06. The van der Waals surface area contributed by atoms with Gasteiger partial charge in [-0.25, -0.2) is 15.0 Å². The zero-order valence-electron chi connectivity index (χ0n) is 13.7. The Bertz CT molecular complexity index is 834. The largest absolute Gasteiger partial charge is 0.458 e. The summed E-state index contributed by atoms with van der Waals surface area (Å²) in [4.78, 5) is 15.6. The van der Waals surface area contributed by atoms with Gasteiger partial charge in [-0.1, -0.05) is 18.2 Å². The molecule has 0 saturated carbocycles. The van der Waals surface area contributed by atoms with E-state index in [1.807, 2.05) is 19.1 Å². The minimum atomic E-state index is 0.0923. The molecule has 0 aliphatic carbocycles. The molecule has 1 fully saturated rings. The molecule has 1 saturated heterocycles. The molecule has 1 aliphatic rings. The molecule has 1 aromatic carbocycles. The van der Waals surface area contributed by atoms with Crippen molar-refractivity contribution in [2.24, 2.45) is 0 Å². The molecule has 4 rings (SSSR count). The number of ether oxygens (including phenoxy) is 1. The van der Waals surface area contributed by atoms with E-state index in [-0.39, 0.29) is 6.10 Å². The first-order valence-corrected chi connectivity index (χ1v) is 8.34. The number of hydrogen-bond acceptors (Lipinski definition) is 5. The monoisotopic (exact) mass is 320 g/mol. The number of hydrogen-bond donors (Lipinski definition) is 0. The van der Waals surface area contributed by atoms with E-state index < -0.39 is 0 Å². The first-order chi connectivity index (χ1) is 11.8. The highest BCUT2D eigenvalue weighted by atomic mass is 16.5. The van der Waals surface area contributed by atoms with Crippen LogP contribution in [-0.4, -0.2) is 34.1 Å². The van der Waals surface area contributed by atoms with E-state index in [4.69, 9.17) is 9.72 Å². The Kier molecular flexibility index (Phi) is 3.99. The maximum atomic E-state index is 5.96. The van der Waals surface area contributed by atoms with Crippen LogP contribution in [0.2, 0.25) is 0 Å². The molecule has 24 heavy (non-hydrogen) atoms. The summed E-state index contributed by atoms with van der Waals surface area (Å²) in [6.07, 6.45) is 5.75. The van der Waals surface area contributed by atoms with Crippen molar-refractivity contribution >= 4 is 16.7 Å². The molecule has 0 spiro atoms. The summed E-state index contributed by atoms with van der Waals surface area (Å²) < 4.78 is 5.96. The molecular formula is C19H20N4O. The van der Waals surface area contributed by atoms with Gasteiger partial charge in [0.15, 0.2) is 0 Å². The zero-order valence-corrected chi connectivity index (χ0v) is 13.7. The van der Waals surface area contributed by atoms with Crippen molar-refractivity contribution in [3.63, 3.8) is 0 Å². The molecule has 0 amide bonds. The first-order valence-electron chi connectivity index (χ1n) is 8.34. The van der Waals surface area contributed by atoms with Crippen LogP contribution in [0.3, 0.4) is 0 Å². The van der Waals surface area contributed by atoms with Crippen molar-refractivity contribution in [1.29, 1.82) is 0 Å². The molecule has 122 valence electrons. The second-order valence-corrected chi connectivity index (χ2v) is 6.23. The predicted octanol–water partition coefficient (Wildman–Crippen LogP) is 3.38. The average Bonchev–Trinajstić information content (AvgIpc) is 2.63. The van der Waals surface area contributed by atoms with Gasteiger partial charge in [0.25, 0.3) is 0 Å². The SMILES string of the molecule is Cc1cnc(OC2CCCN(c3ccc4ccccc4n3)C2)nc1. The molecule has 1 atom stereocenters. The minimum Gasteiger partial charge on any atom is -0.458 e. The number of aryl methyl sites for hydroxylation is 1.